The monoisotopic (exact) mass is 344 g/mol. The van der Waals surface area contributed by atoms with Crippen molar-refractivity contribution in [3.63, 3.8) is 0 Å². The molecule has 1 aliphatic heterocycles. The van der Waals surface area contributed by atoms with Gasteiger partial charge in [0.25, 0.3) is 0 Å². The molecule has 2 aromatic carbocycles. The van der Waals surface area contributed by atoms with Gasteiger partial charge in [-0.05, 0) is 62.3 Å². The number of hydrogen-bond acceptors (Lipinski definition) is 4. The topological polar surface area (TPSA) is 27.7 Å². The number of benzene rings is 2. The van der Waals surface area contributed by atoms with E-state index in [-0.39, 0.29) is 18.3 Å². The van der Waals surface area contributed by atoms with Crippen molar-refractivity contribution < 1.29 is 14.0 Å². The largest absolute Gasteiger partial charge is 0.494 e. The lowest BCUT2D eigenvalue weighted by molar-refractivity contribution is 0.00578. The predicted octanol–water partition coefficient (Wildman–Crippen LogP) is 3.88. The van der Waals surface area contributed by atoms with Crippen LogP contribution < -0.4 is 10.2 Å². The standard InChI is InChI=1S/C19H25BO3S/c1-18(2)19(3,4)23-20(22-18)16-8-6-15-13-17(21-10-11-24-5)9-7-14(15)12-16/h6-9,12-13H,10-11H2,1-5H3. The second-order valence-electron chi connectivity index (χ2n) is 7.20. The molecular formula is C19H25BO3S. The van der Waals surface area contributed by atoms with Crippen LogP contribution in [0, 0.1) is 0 Å². The van der Waals surface area contributed by atoms with Crippen molar-refractivity contribution in [3.05, 3.63) is 36.4 Å². The Hall–Kier alpha value is -1.17. The smallest absolute Gasteiger partial charge is 0.493 e. The van der Waals surface area contributed by atoms with E-state index in [2.05, 4.69) is 64.3 Å². The number of rotatable bonds is 5. The third kappa shape index (κ3) is 3.44. The van der Waals surface area contributed by atoms with Gasteiger partial charge in [-0.2, -0.15) is 11.8 Å². The van der Waals surface area contributed by atoms with Crippen molar-refractivity contribution in [3.8, 4) is 5.75 Å². The zero-order chi connectivity index (χ0) is 17.4. The third-order valence-electron chi connectivity index (χ3n) is 4.92. The second-order valence-corrected chi connectivity index (χ2v) is 8.18. The lowest BCUT2D eigenvalue weighted by Gasteiger charge is -2.32. The number of thioether (sulfide) groups is 1. The van der Waals surface area contributed by atoms with Crippen LogP contribution in [0.1, 0.15) is 27.7 Å². The lowest BCUT2D eigenvalue weighted by atomic mass is 9.78. The molecule has 0 amide bonds. The Morgan fingerprint density at radius 3 is 2.25 bits per heavy atom. The fraction of sp³-hybridized carbons (Fsp3) is 0.474. The highest BCUT2D eigenvalue weighted by Gasteiger charge is 2.51. The average molecular weight is 344 g/mol. The molecule has 0 spiro atoms. The maximum absolute atomic E-state index is 6.14. The Kier molecular flexibility index (Phi) is 4.87. The Balaban J connectivity index is 1.81. The third-order valence-corrected chi connectivity index (χ3v) is 5.49. The average Bonchev–Trinajstić information content (AvgIpc) is 2.75. The van der Waals surface area contributed by atoms with E-state index in [1.54, 1.807) is 11.8 Å². The highest BCUT2D eigenvalue weighted by atomic mass is 32.2. The van der Waals surface area contributed by atoms with Crippen LogP contribution in [-0.2, 0) is 9.31 Å². The van der Waals surface area contributed by atoms with Crippen LogP contribution in [0.3, 0.4) is 0 Å². The Morgan fingerprint density at radius 1 is 0.958 bits per heavy atom. The molecule has 1 saturated heterocycles. The van der Waals surface area contributed by atoms with Gasteiger partial charge >= 0.3 is 7.12 Å². The van der Waals surface area contributed by atoms with E-state index < -0.39 is 0 Å². The van der Waals surface area contributed by atoms with Crippen molar-refractivity contribution in [2.24, 2.45) is 0 Å². The highest BCUT2D eigenvalue weighted by molar-refractivity contribution is 7.98. The molecule has 0 radical (unpaired) electrons. The van der Waals surface area contributed by atoms with E-state index in [4.69, 9.17) is 14.0 Å². The molecular weight excluding hydrogens is 319 g/mol. The van der Waals surface area contributed by atoms with Crippen molar-refractivity contribution in [1.29, 1.82) is 0 Å². The van der Waals surface area contributed by atoms with Crippen LogP contribution in [0.5, 0.6) is 5.75 Å². The van der Waals surface area contributed by atoms with Crippen LogP contribution in [0.25, 0.3) is 10.8 Å². The second kappa shape index (κ2) is 6.62. The van der Waals surface area contributed by atoms with Crippen molar-refractivity contribution in [1.82, 2.24) is 0 Å². The normalized spacial score (nSPS) is 19.0. The molecule has 2 aromatic rings. The van der Waals surface area contributed by atoms with Gasteiger partial charge in [0.05, 0.1) is 17.8 Å². The minimum atomic E-state index is -0.322. The van der Waals surface area contributed by atoms with E-state index >= 15 is 0 Å². The van der Waals surface area contributed by atoms with Crippen LogP contribution in [0.2, 0.25) is 0 Å². The molecule has 3 nitrogen and oxygen atoms in total. The van der Waals surface area contributed by atoms with Gasteiger partial charge in [-0.1, -0.05) is 24.3 Å². The van der Waals surface area contributed by atoms with E-state index in [0.717, 1.165) is 29.0 Å². The molecule has 0 atom stereocenters. The summed E-state index contributed by atoms with van der Waals surface area (Å²) in [6.07, 6.45) is 2.08. The molecule has 0 aliphatic carbocycles. The maximum atomic E-state index is 6.14. The predicted molar refractivity (Wildman–Crippen MR) is 104 cm³/mol. The molecule has 1 fully saturated rings. The van der Waals surface area contributed by atoms with Crippen LogP contribution >= 0.6 is 11.8 Å². The van der Waals surface area contributed by atoms with Gasteiger partial charge in [-0.25, -0.2) is 0 Å². The molecule has 5 heteroatoms. The number of fused-ring (bicyclic) bond motifs is 1. The molecule has 128 valence electrons. The fourth-order valence-corrected chi connectivity index (χ4v) is 2.95. The van der Waals surface area contributed by atoms with Gasteiger partial charge < -0.3 is 14.0 Å². The van der Waals surface area contributed by atoms with E-state index in [0.29, 0.717) is 0 Å². The first-order chi connectivity index (χ1) is 11.3. The fourth-order valence-electron chi connectivity index (χ4n) is 2.70. The molecule has 1 aliphatic rings. The van der Waals surface area contributed by atoms with Crippen molar-refractivity contribution >= 4 is 35.1 Å². The Labute approximate surface area is 149 Å². The summed E-state index contributed by atoms with van der Waals surface area (Å²) in [7, 11) is -0.322. The van der Waals surface area contributed by atoms with Crippen LogP contribution in [0.4, 0.5) is 0 Å². The van der Waals surface area contributed by atoms with E-state index in [1.807, 2.05) is 6.07 Å². The highest BCUT2D eigenvalue weighted by Crippen LogP contribution is 2.36. The zero-order valence-corrected chi connectivity index (χ0v) is 15.9. The summed E-state index contributed by atoms with van der Waals surface area (Å²) in [6.45, 7) is 9.04. The summed E-state index contributed by atoms with van der Waals surface area (Å²) in [4.78, 5) is 0. The summed E-state index contributed by atoms with van der Waals surface area (Å²) >= 11 is 1.79. The molecule has 0 bridgehead atoms. The summed E-state index contributed by atoms with van der Waals surface area (Å²) in [5.74, 6) is 1.92. The summed E-state index contributed by atoms with van der Waals surface area (Å²) < 4.78 is 18.0. The minimum absolute atomic E-state index is 0.318. The quantitative estimate of drug-likeness (QED) is 0.608. The van der Waals surface area contributed by atoms with Gasteiger partial charge in [0.15, 0.2) is 0 Å². The van der Waals surface area contributed by atoms with Gasteiger partial charge in [0.1, 0.15) is 5.75 Å². The first-order valence-electron chi connectivity index (χ1n) is 8.33. The van der Waals surface area contributed by atoms with Crippen molar-refractivity contribution in [2.75, 3.05) is 18.6 Å². The summed E-state index contributed by atoms with van der Waals surface area (Å²) in [6, 6.07) is 12.5. The zero-order valence-electron chi connectivity index (χ0n) is 15.1. The first kappa shape index (κ1) is 17.7. The van der Waals surface area contributed by atoms with E-state index in [9.17, 15) is 0 Å². The lowest BCUT2D eigenvalue weighted by Crippen LogP contribution is -2.41. The molecule has 0 aromatic heterocycles. The Morgan fingerprint density at radius 2 is 1.58 bits per heavy atom. The van der Waals surface area contributed by atoms with Gasteiger partial charge in [0.2, 0.25) is 0 Å². The molecule has 0 saturated carbocycles. The van der Waals surface area contributed by atoms with Gasteiger partial charge in [-0.3, -0.25) is 0 Å². The Bertz CT molecular complexity index is 714. The van der Waals surface area contributed by atoms with Crippen molar-refractivity contribution in [2.45, 2.75) is 38.9 Å². The first-order valence-corrected chi connectivity index (χ1v) is 9.73. The summed E-state index contributed by atoms with van der Waals surface area (Å²) in [5, 5.41) is 2.33. The molecule has 0 N–H and O–H groups in total. The summed E-state index contributed by atoms with van der Waals surface area (Å²) in [5.41, 5.74) is 0.417. The van der Waals surface area contributed by atoms with Crippen LogP contribution in [-0.4, -0.2) is 36.9 Å². The van der Waals surface area contributed by atoms with E-state index in [1.165, 1.54) is 5.39 Å². The SMILES string of the molecule is CSCCOc1ccc2cc(B3OC(C)(C)C(C)(C)O3)ccc2c1. The number of hydrogen-bond donors (Lipinski definition) is 0. The number of ether oxygens (including phenoxy) is 1. The van der Waals surface area contributed by atoms with Gasteiger partial charge in [-0.15, -0.1) is 0 Å². The van der Waals surface area contributed by atoms with Gasteiger partial charge in [0, 0.05) is 5.75 Å². The molecule has 1 heterocycles. The van der Waals surface area contributed by atoms with Crippen LogP contribution in [0.15, 0.2) is 36.4 Å². The molecule has 24 heavy (non-hydrogen) atoms. The maximum Gasteiger partial charge on any atom is 0.494 e. The molecule has 3 rings (SSSR count). The minimum Gasteiger partial charge on any atom is -0.493 e. The molecule has 0 unspecified atom stereocenters.